The smallest absolute Gasteiger partial charge is 0.327 e. The Labute approximate surface area is 170 Å². The molecule has 1 aliphatic carbocycles. The standard InChI is InChI=1S/C21H27N3O5/c1-12(2)14-5-9-16(10-6-14)22-18(26)13(3)29-17(25)11-24-19(27)21(4,15-7-8-15)23-20(24)28/h5-6,9-10,12-13,15H,7-8,11H2,1-4H3,(H,22,26)(H,23,28)/t13-,21+/m1/s1. The first kappa shape index (κ1) is 20.8. The number of hydrogen-bond donors (Lipinski definition) is 2. The molecule has 1 aromatic carbocycles. The lowest BCUT2D eigenvalue weighted by Gasteiger charge is -2.21. The molecule has 0 unspecified atom stereocenters. The summed E-state index contributed by atoms with van der Waals surface area (Å²) in [5.41, 5.74) is 0.786. The van der Waals surface area contributed by atoms with E-state index in [1.807, 2.05) is 12.1 Å². The Balaban J connectivity index is 1.52. The Bertz CT molecular complexity index is 831. The van der Waals surface area contributed by atoms with Crippen molar-refractivity contribution in [1.82, 2.24) is 10.2 Å². The van der Waals surface area contributed by atoms with Gasteiger partial charge >= 0.3 is 12.0 Å². The van der Waals surface area contributed by atoms with Crippen molar-refractivity contribution in [2.75, 3.05) is 11.9 Å². The summed E-state index contributed by atoms with van der Waals surface area (Å²) >= 11 is 0. The molecule has 8 nitrogen and oxygen atoms in total. The van der Waals surface area contributed by atoms with Crippen molar-refractivity contribution in [3.05, 3.63) is 29.8 Å². The quantitative estimate of drug-likeness (QED) is 0.539. The van der Waals surface area contributed by atoms with Crippen LogP contribution in [0.1, 0.15) is 52.0 Å². The van der Waals surface area contributed by atoms with E-state index in [-0.39, 0.29) is 5.92 Å². The van der Waals surface area contributed by atoms with Gasteiger partial charge in [0.15, 0.2) is 6.10 Å². The average molecular weight is 401 g/mol. The van der Waals surface area contributed by atoms with Gasteiger partial charge in [-0.15, -0.1) is 0 Å². The van der Waals surface area contributed by atoms with E-state index in [1.54, 1.807) is 19.1 Å². The summed E-state index contributed by atoms with van der Waals surface area (Å²) in [6, 6.07) is 6.81. The lowest BCUT2D eigenvalue weighted by molar-refractivity contribution is -0.155. The van der Waals surface area contributed by atoms with E-state index >= 15 is 0 Å². The van der Waals surface area contributed by atoms with E-state index in [9.17, 15) is 19.2 Å². The molecule has 0 spiro atoms. The average Bonchev–Trinajstić information content (AvgIpc) is 3.48. The number of amides is 4. The van der Waals surface area contributed by atoms with Crippen LogP contribution < -0.4 is 10.6 Å². The number of rotatable bonds is 7. The number of ether oxygens (including phenoxy) is 1. The molecule has 1 saturated heterocycles. The highest BCUT2D eigenvalue weighted by Crippen LogP contribution is 2.42. The minimum atomic E-state index is -1.07. The largest absolute Gasteiger partial charge is 0.451 e. The van der Waals surface area contributed by atoms with E-state index in [2.05, 4.69) is 24.5 Å². The first-order valence-electron chi connectivity index (χ1n) is 9.86. The summed E-state index contributed by atoms with van der Waals surface area (Å²) in [5.74, 6) is -1.25. The number of nitrogens with zero attached hydrogens (tertiary/aromatic N) is 1. The van der Waals surface area contributed by atoms with Gasteiger partial charge in [-0.25, -0.2) is 4.79 Å². The number of carbonyl (C=O) groups excluding carboxylic acids is 4. The number of esters is 1. The summed E-state index contributed by atoms with van der Waals surface area (Å²) < 4.78 is 5.12. The molecular weight excluding hydrogens is 374 g/mol. The molecule has 1 heterocycles. The van der Waals surface area contributed by atoms with Crippen LogP contribution in [-0.4, -0.2) is 46.9 Å². The van der Waals surface area contributed by atoms with Crippen molar-refractivity contribution >= 4 is 29.5 Å². The van der Waals surface area contributed by atoms with Gasteiger partial charge in [-0.1, -0.05) is 26.0 Å². The van der Waals surface area contributed by atoms with Gasteiger partial charge < -0.3 is 15.4 Å². The molecule has 0 bridgehead atoms. The van der Waals surface area contributed by atoms with Gasteiger partial charge in [0.1, 0.15) is 12.1 Å². The van der Waals surface area contributed by atoms with Crippen molar-refractivity contribution in [2.45, 2.75) is 58.1 Å². The molecule has 1 aliphatic heterocycles. The predicted octanol–water partition coefficient (Wildman–Crippen LogP) is 2.40. The van der Waals surface area contributed by atoms with Crippen LogP contribution in [0.2, 0.25) is 0 Å². The van der Waals surface area contributed by atoms with E-state index in [0.29, 0.717) is 11.6 Å². The topological polar surface area (TPSA) is 105 Å². The minimum Gasteiger partial charge on any atom is -0.451 e. The molecule has 8 heteroatoms. The number of nitrogens with one attached hydrogen (secondary N) is 2. The Hall–Kier alpha value is -2.90. The fraction of sp³-hybridized carbons (Fsp3) is 0.524. The number of anilines is 1. The zero-order chi connectivity index (χ0) is 21.3. The fourth-order valence-electron chi connectivity index (χ4n) is 3.41. The Morgan fingerprint density at radius 1 is 1.21 bits per heavy atom. The van der Waals surface area contributed by atoms with Crippen LogP contribution in [0.15, 0.2) is 24.3 Å². The van der Waals surface area contributed by atoms with Crippen LogP contribution in [0.4, 0.5) is 10.5 Å². The molecule has 1 saturated carbocycles. The molecule has 3 rings (SSSR count). The molecule has 0 aromatic heterocycles. The van der Waals surface area contributed by atoms with E-state index in [1.165, 1.54) is 6.92 Å². The van der Waals surface area contributed by atoms with E-state index < -0.39 is 42.0 Å². The van der Waals surface area contributed by atoms with Gasteiger partial charge in [-0.05, 0) is 56.2 Å². The Kier molecular flexibility index (Phi) is 5.64. The predicted molar refractivity (Wildman–Crippen MR) is 106 cm³/mol. The Morgan fingerprint density at radius 2 is 1.83 bits per heavy atom. The minimum absolute atomic E-state index is 0.103. The van der Waals surface area contributed by atoms with E-state index in [0.717, 1.165) is 23.3 Å². The third kappa shape index (κ3) is 4.41. The van der Waals surface area contributed by atoms with Crippen LogP contribution >= 0.6 is 0 Å². The zero-order valence-electron chi connectivity index (χ0n) is 17.2. The summed E-state index contributed by atoms with van der Waals surface area (Å²) in [7, 11) is 0. The molecule has 2 aliphatic rings. The normalized spacial score (nSPS) is 22.4. The SMILES string of the molecule is CC(C)c1ccc(NC(=O)[C@@H](C)OC(=O)CN2C(=O)N[C@@](C)(C3CC3)C2=O)cc1. The number of benzene rings is 1. The second kappa shape index (κ2) is 7.85. The van der Waals surface area contributed by atoms with Crippen molar-refractivity contribution < 1.29 is 23.9 Å². The molecule has 2 N–H and O–H groups in total. The van der Waals surface area contributed by atoms with Crippen molar-refractivity contribution in [3.63, 3.8) is 0 Å². The summed E-state index contributed by atoms with van der Waals surface area (Å²) in [6.07, 6.45) is 0.676. The third-order valence-electron chi connectivity index (χ3n) is 5.50. The summed E-state index contributed by atoms with van der Waals surface area (Å²) in [5, 5.41) is 5.35. The third-order valence-corrected chi connectivity index (χ3v) is 5.50. The van der Waals surface area contributed by atoms with Gasteiger partial charge in [0.25, 0.3) is 11.8 Å². The van der Waals surface area contributed by atoms with Crippen LogP contribution in [0.25, 0.3) is 0 Å². The number of carbonyl (C=O) groups is 4. The number of hydrogen-bond acceptors (Lipinski definition) is 5. The van der Waals surface area contributed by atoms with Crippen LogP contribution in [0, 0.1) is 5.92 Å². The van der Waals surface area contributed by atoms with Gasteiger partial charge in [0.2, 0.25) is 0 Å². The zero-order valence-corrected chi connectivity index (χ0v) is 17.2. The highest BCUT2D eigenvalue weighted by atomic mass is 16.5. The summed E-state index contributed by atoms with van der Waals surface area (Å²) in [4.78, 5) is 50.0. The molecule has 1 aromatic rings. The lowest BCUT2D eigenvalue weighted by Crippen LogP contribution is -2.46. The maximum atomic E-state index is 12.5. The molecule has 156 valence electrons. The maximum absolute atomic E-state index is 12.5. The highest BCUT2D eigenvalue weighted by molar-refractivity contribution is 6.09. The maximum Gasteiger partial charge on any atom is 0.327 e. The van der Waals surface area contributed by atoms with E-state index in [4.69, 9.17) is 4.74 Å². The van der Waals surface area contributed by atoms with Crippen molar-refractivity contribution in [1.29, 1.82) is 0 Å². The van der Waals surface area contributed by atoms with Crippen molar-refractivity contribution in [3.8, 4) is 0 Å². The number of urea groups is 1. The molecule has 29 heavy (non-hydrogen) atoms. The van der Waals surface area contributed by atoms with Crippen LogP contribution in [0.3, 0.4) is 0 Å². The molecule has 2 atom stereocenters. The van der Waals surface area contributed by atoms with Gasteiger partial charge in [0.05, 0.1) is 0 Å². The molecule has 4 amide bonds. The Morgan fingerprint density at radius 3 is 2.38 bits per heavy atom. The number of imide groups is 1. The first-order chi connectivity index (χ1) is 13.6. The monoisotopic (exact) mass is 401 g/mol. The molecule has 0 radical (unpaired) electrons. The van der Waals surface area contributed by atoms with Crippen LogP contribution in [0.5, 0.6) is 0 Å². The molecule has 2 fully saturated rings. The van der Waals surface area contributed by atoms with Gasteiger partial charge in [-0.3, -0.25) is 19.3 Å². The second-order valence-electron chi connectivity index (χ2n) is 8.20. The first-order valence-corrected chi connectivity index (χ1v) is 9.86. The van der Waals surface area contributed by atoms with Crippen LogP contribution in [-0.2, 0) is 19.1 Å². The highest BCUT2D eigenvalue weighted by Gasteiger charge is 2.56. The van der Waals surface area contributed by atoms with Crippen molar-refractivity contribution in [2.24, 2.45) is 5.92 Å². The van der Waals surface area contributed by atoms with Gasteiger partial charge in [-0.2, -0.15) is 0 Å². The fourth-order valence-corrected chi connectivity index (χ4v) is 3.41. The second-order valence-corrected chi connectivity index (χ2v) is 8.20. The lowest BCUT2D eigenvalue weighted by atomic mass is 9.96. The molecular formula is C21H27N3O5. The van der Waals surface area contributed by atoms with Gasteiger partial charge in [0, 0.05) is 5.69 Å². The summed E-state index contributed by atoms with van der Waals surface area (Å²) in [6.45, 7) is 6.75.